The van der Waals surface area contributed by atoms with Crippen LogP contribution in [-0.2, 0) is 12.5 Å². The predicted octanol–water partition coefficient (Wildman–Crippen LogP) is 2.58. The largest absolute Gasteiger partial charge is 0.281 e. The lowest BCUT2D eigenvalue weighted by molar-refractivity contribution is 0.567. The first-order valence-electron chi connectivity index (χ1n) is 7.62. The first kappa shape index (κ1) is 15.0. The third-order valence-corrected chi connectivity index (χ3v) is 4.99. The average Bonchev–Trinajstić information content (AvgIpc) is 3.23. The molecule has 1 N–H and O–H groups in total. The molecular formula is C15H18N8S. The summed E-state index contributed by atoms with van der Waals surface area (Å²) >= 11 is 1.47. The molecule has 0 aliphatic heterocycles. The molecule has 24 heavy (non-hydrogen) atoms. The summed E-state index contributed by atoms with van der Waals surface area (Å²) in [5, 5.41) is 25.7. The maximum atomic E-state index is 4.66. The molecule has 0 radical (unpaired) electrons. The van der Waals surface area contributed by atoms with Gasteiger partial charge in [-0.1, -0.05) is 32.1 Å². The standard InChI is InChI=1S/C15H18N8S/c1-8-9(7-16-22(8)5)12-19-20-14-23(12)21-13(24-14)10-6-11(18-17-10)15(2,3)4/h6-7H,1-5H3,(H,17,18). The van der Waals surface area contributed by atoms with Gasteiger partial charge >= 0.3 is 0 Å². The van der Waals surface area contributed by atoms with Crippen molar-refractivity contribution in [2.24, 2.45) is 7.05 Å². The van der Waals surface area contributed by atoms with E-state index in [9.17, 15) is 0 Å². The molecule has 9 heteroatoms. The number of fused-ring (bicyclic) bond motifs is 1. The minimum absolute atomic E-state index is 0.0161. The molecule has 4 aromatic heterocycles. The summed E-state index contributed by atoms with van der Waals surface area (Å²) in [5.41, 5.74) is 3.87. The van der Waals surface area contributed by atoms with Crippen molar-refractivity contribution in [2.45, 2.75) is 33.1 Å². The highest BCUT2D eigenvalue weighted by atomic mass is 32.1. The molecule has 0 bridgehead atoms. The van der Waals surface area contributed by atoms with E-state index in [-0.39, 0.29) is 5.41 Å². The van der Waals surface area contributed by atoms with Crippen LogP contribution in [0.5, 0.6) is 0 Å². The van der Waals surface area contributed by atoms with Gasteiger partial charge in [0.1, 0.15) is 5.69 Å². The zero-order chi connectivity index (χ0) is 17.1. The summed E-state index contributed by atoms with van der Waals surface area (Å²) in [6, 6.07) is 2.04. The number of nitrogens with zero attached hydrogens (tertiary/aromatic N) is 7. The Morgan fingerprint density at radius 3 is 2.62 bits per heavy atom. The number of hydrogen-bond acceptors (Lipinski definition) is 6. The van der Waals surface area contributed by atoms with Crippen molar-refractivity contribution in [3.63, 3.8) is 0 Å². The van der Waals surface area contributed by atoms with Crippen LogP contribution in [0.2, 0.25) is 0 Å². The molecule has 124 valence electrons. The minimum Gasteiger partial charge on any atom is -0.281 e. The summed E-state index contributed by atoms with van der Waals surface area (Å²) in [4.78, 5) is 0.739. The van der Waals surface area contributed by atoms with Crippen LogP contribution in [0.25, 0.3) is 27.1 Å². The van der Waals surface area contributed by atoms with Crippen LogP contribution in [-0.4, -0.2) is 39.8 Å². The van der Waals surface area contributed by atoms with E-state index in [1.165, 1.54) is 11.3 Å². The molecule has 0 aromatic carbocycles. The lowest BCUT2D eigenvalue weighted by Crippen LogP contribution is -2.11. The van der Waals surface area contributed by atoms with Crippen LogP contribution in [0.4, 0.5) is 0 Å². The van der Waals surface area contributed by atoms with Gasteiger partial charge in [-0.05, 0) is 13.0 Å². The normalized spacial score (nSPS) is 12.4. The van der Waals surface area contributed by atoms with Crippen molar-refractivity contribution >= 4 is 16.3 Å². The van der Waals surface area contributed by atoms with Crippen LogP contribution in [0.1, 0.15) is 32.2 Å². The number of rotatable bonds is 2. The number of H-pyrrole nitrogens is 1. The zero-order valence-electron chi connectivity index (χ0n) is 14.2. The van der Waals surface area contributed by atoms with E-state index in [1.807, 2.05) is 24.7 Å². The van der Waals surface area contributed by atoms with E-state index < -0.39 is 0 Å². The van der Waals surface area contributed by atoms with Crippen molar-refractivity contribution in [1.82, 2.24) is 39.8 Å². The fraction of sp³-hybridized carbons (Fsp3) is 0.400. The van der Waals surface area contributed by atoms with E-state index in [0.717, 1.165) is 32.6 Å². The van der Waals surface area contributed by atoms with Gasteiger partial charge in [0.05, 0.1) is 11.8 Å². The highest BCUT2D eigenvalue weighted by Gasteiger charge is 2.21. The van der Waals surface area contributed by atoms with Crippen molar-refractivity contribution in [2.75, 3.05) is 0 Å². The molecule has 0 spiro atoms. The molecule has 0 amide bonds. The van der Waals surface area contributed by atoms with E-state index in [4.69, 9.17) is 0 Å². The van der Waals surface area contributed by atoms with Gasteiger partial charge in [-0.25, -0.2) is 0 Å². The average molecular weight is 342 g/mol. The molecule has 0 fully saturated rings. The first-order chi connectivity index (χ1) is 11.3. The van der Waals surface area contributed by atoms with E-state index in [1.54, 1.807) is 10.7 Å². The Labute approximate surface area is 142 Å². The maximum Gasteiger partial charge on any atom is 0.235 e. The second-order valence-corrected chi connectivity index (χ2v) is 7.77. The smallest absolute Gasteiger partial charge is 0.235 e. The molecule has 0 unspecified atom stereocenters. The highest BCUT2D eigenvalue weighted by molar-refractivity contribution is 7.19. The van der Waals surface area contributed by atoms with Crippen LogP contribution in [0.15, 0.2) is 12.3 Å². The number of aromatic nitrogens is 8. The molecule has 8 nitrogen and oxygen atoms in total. The molecule has 0 aliphatic rings. The van der Waals surface area contributed by atoms with Gasteiger partial charge in [-0.15, -0.1) is 10.2 Å². The third-order valence-electron chi connectivity index (χ3n) is 4.07. The van der Waals surface area contributed by atoms with Crippen molar-refractivity contribution in [1.29, 1.82) is 0 Å². The fourth-order valence-electron chi connectivity index (χ4n) is 2.42. The van der Waals surface area contributed by atoms with Gasteiger partial charge in [0.25, 0.3) is 0 Å². The second-order valence-electron chi connectivity index (χ2n) is 6.81. The van der Waals surface area contributed by atoms with Crippen LogP contribution < -0.4 is 0 Å². The molecule has 4 aromatic rings. The van der Waals surface area contributed by atoms with Gasteiger partial charge in [-0.3, -0.25) is 9.78 Å². The molecule has 0 aliphatic carbocycles. The Morgan fingerprint density at radius 1 is 1.21 bits per heavy atom. The Bertz CT molecular complexity index is 1030. The van der Waals surface area contributed by atoms with Gasteiger partial charge in [-0.2, -0.15) is 19.8 Å². The topological polar surface area (TPSA) is 89.6 Å². The van der Waals surface area contributed by atoms with Crippen LogP contribution >= 0.6 is 11.3 Å². The third kappa shape index (κ3) is 2.23. The molecular weight excluding hydrogens is 324 g/mol. The SMILES string of the molecule is Cc1c(-c2nnc3sc(-c4cc(C(C)(C)C)[nH]n4)nn23)cnn1C. The molecule has 4 heterocycles. The van der Waals surface area contributed by atoms with Crippen molar-refractivity contribution in [3.8, 4) is 22.1 Å². The summed E-state index contributed by atoms with van der Waals surface area (Å²) < 4.78 is 3.57. The Kier molecular flexibility index (Phi) is 3.11. The summed E-state index contributed by atoms with van der Waals surface area (Å²) in [7, 11) is 1.90. The minimum atomic E-state index is 0.0161. The Balaban J connectivity index is 1.80. The maximum absolute atomic E-state index is 4.66. The lowest BCUT2D eigenvalue weighted by Gasteiger charge is -2.14. The molecule has 0 saturated heterocycles. The van der Waals surface area contributed by atoms with E-state index in [2.05, 4.69) is 51.4 Å². The number of aromatic amines is 1. The van der Waals surface area contributed by atoms with Gasteiger partial charge < -0.3 is 0 Å². The highest BCUT2D eigenvalue weighted by Crippen LogP contribution is 2.30. The zero-order valence-corrected chi connectivity index (χ0v) is 15.0. The second kappa shape index (κ2) is 4.97. The number of aryl methyl sites for hydroxylation is 1. The summed E-state index contributed by atoms with van der Waals surface area (Å²) in [5.74, 6) is 0.699. The quantitative estimate of drug-likeness (QED) is 0.605. The molecule has 0 atom stereocenters. The monoisotopic (exact) mass is 342 g/mol. The van der Waals surface area contributed by atoms with Crippen LogP contribution in [0, 0.1) is 6.92 Å². The van der Waals surface area contributed by atoms with Gasteiger partial charge in [0.15, 0.2) is 10.8 Å². The fourth-order valence-corrected chi connectivity index (χ4v) is 3.22. The van der Waals surface area contributed by atoms with Crippen molar-refractivity contribution < 1.29 is 0 Å². The van der Waals surface area contributed by atoms with Gasteiger partial charge in [0.2, 0.25) is 4.96 Å². The van der Waals surface area contributed by atoms with Crippen molar-refractivity contribution in [3.05, 3.63) is 23.7 Å². The lowest BCUT2D eigenvalue weighted by atomic mass is 9.92. The van der Waals surface area contributed by atoms with E-state index >= 15 is 0 Å². The molecule has 0 saturated carbocycles. The number of hydrogen-bond donors (Lipinski definition) is 1. The van der Waals surface area contributed by atoms with Gasteiger partial charge in [0, 0.05) is 23.9 Å². The first-order valence-corrected chi connectivity index (χ1v) is 8.44. The Hall–Kier alpha value is -2.55. The van der Waals surface area contributed by atoms with E-state index in [0.29, 0.717) is 5.82 Å². The molecule has 4 rings (SSSR count). The summed E-state index contributed by atoms with van der Waals surface area (Å²) in [6.45, 7) is 8.43. The number of nitrogens with one attached hydrogen (secondary N) is 1. The van der Waals surface area contributed by atoms with Crippen LogP contribution in [0.3, 0.4) is 0 Å². The summed E-state index contributed by atoms with van der Waals surface area (Å²) in [6.07, 6.45) is 1.79. The Morgan fingerprint density at radius 2 is 2.00 bits per heavy atom. The predicted molar refractivity (Wildman–Crippen MR) is 91.9 cm³/mol.